The van der Waals surface area contributed by atoms with Gasteiger partial charge in [0.2, 0.25) is 0 Å². The Labute approximate surface area is 191 Å². The zero-order valence-corrected chi connectivity index (χ0v) is 18.3. The molecule has 33 heavy (non-hydrogen) atoms. The zero-order chi connectivity index (χ0) is 23.4. The van der Waals surface area contributed by atoms with Gasteiger partial charge in [-0.05, 0) is 55.5 Å². The molecule has 1 aromatic carbocycles. The maximum Gasteiger partial charge on any atom is 0.387 e. The maximum absolute atomic E-state index is 12.9. The third kappa shape index (κ3) is 5.54. The van der Waals surface area contributed by atoms with Crippen molar-refractivity contribution in [3.05, 3.63) is 51.4 Å². The van der Waals surface area contributed by atoms with Crippen molar-refractivity contribution in [3.8, 4) is 5.75 Å². The van der Waals surface area contributed by atoms with Gasteiger partial charge in [0.25, 0.3) is 11.5 Å². The number of fused-ring (bicyclic) bond motifs is 3. The van der Waals surface area contributed by atoms with Gasteiger partial charge >= 0.3 is 12.6 Å². The second kappa shape index (κ2) is 10.1. The second-order valence-electron chi connectivity index (χ2n) is 7.50. The summed E-state index contributed by atoms with van der Waals surface area (Å²) in [6.07, 6.45) is 5.36. The number of ether oxygens (including phenoxy) is 2. The Morgan fingerprint density at radius 1 is 1.18 bits per heavy atom. The van der Waals surface area contributed by atoms with Crippen molar-refractivity contribution in [1.29, 1.82) is 0 Å². The molecule has 0 saturated heterocycles. The van der Waals surface area contributed by atoms with Crippen molar-refractivity contribution in [2.24, 2.45) is 0 Å². The summed E-state index contributed by atoms with van der Waals surface area (Å²) in [5, 5.41) is 3.13. The van der Waals surface area contributed by atoms with E-state index < -0.39 is 25.1 Å². The number of carbonyl (C=O) groups excluding carboxylic acids is 2. The molecule has 0 atom stereocenters. The lowest BCUT2D eigenvalue weighted by Crippen LogP contribution is -2.24. The first-order valence-electron chi connectivity index (χ1n) is 10.4. The van der Waals surface area contributed by atoms with Crippen LogP contribution in [-0.2, 0) is 33.7 Å². The minimum atomic E-state index is -2.94. The van der Waals surface area contributed by atoms with Crippen LogP contribution in [0.3, 0.4) is 0 Å². The number of esters is 1. The first-order chi connectivity index (χ1) is 15.9. The van der Waals surface area contributed by atoms with Crippen molar-refractivity contribution < 1.29 is 27.8 Å². The molecule has 174 valence electrons. The largest absolute Gasteiger partial charge is 0.456 e. The van der Waals surface area contributed by atoms with E-state index in [2.05, 4.69) is 15.0 Å². The first kappa shape index (κ1) is 22.8. The highest BCUT2D eigenvalue weighted by molar-refractivity contribution is 7.18. The number of thiophene rings is 1. The van der Waals surface area contributed by atoms with E-state index >= 15 is 0 Å². The number of rotatable bonds is 8. The van der Waals surface area contributed by atoms with Crippen LogP contribution in [0, 0.1) is 0 Å². The van der Waals surface area contributed by atoms with Crippen LogP contribution in [0.1, 0.15) is 29.7 Å². The molecule has 1 aliphatic rings. The highest BCUT2D eigenvalue weighted by Gasteiger charge is 2.20. The summed E-state index contributed by atoms with van der Waals surface area (Å²) in [5.74, 6) is -1.26. The molecule has 0 aliphatic heterocycles. The fraction of sp³-hybridized carbons (Fsp3) is 0.364. The molecule has 3 aromatic rings. The number of alkyl halides is 2. The number of nitrogens with one attached hydrogen (secondary N) is 1. The number of benzene rings is 1. The molecular weight excluding hydrogens is 456 g/mol. The minimum Gasteiger partial charge on any atom is -0.456 e. The molecule has 1 amide bonds. The molecular formula is C22H21F2N3O5S. The monoisotopic (exact) mass is 477 g/mol. The predicted molar refractivity (Wildman–Crippen MR) is 118 cm³/mol. The van der Waals surface area contributed by atoms with Crippen molar-refractivity contribution in [2.75, 3.05) is 11.9 Å². The van der Waals surface area contributed by atoms with E-state index in [1.54, 1.807) is 11.3 Å². The fourth-order valence-corrected chi connectivity index (χ4v) is 4.91. The van der Waals surface area contributed by atoms with Gasteiger partial charge in [0.15, 0.2) is 6.61 Å². The summed E-state index contributed by atoms with van der Waals surface area (Å²) < 4.78 is 34.9. The predicted octanol–water partition coefficient (Wildman–Crippen LogP) is 3.51. The molecule has 2 aromatic heterocycles. The molecule has 11 heteroatoms. The van der Waals surface area contributed by atoms with Crippen molar-refractivity contribution in [2.45, 2.75) is 45.3 Å². The van der Waals surface area contributed by atoms with Gasteiger partial charge in [-0.15, -0.1) is 11.3 Å². The quantitative estimate of drug-likeness (QED) is 0.499. The molecule has 1 aliphatic carbocycles. The first-order valence-corrected chi connectivity index (χ1v) is 11.2. The van der Waals surface area contributed by atoms with Crippen molar-refractivity contribution in [3.63, 3.8) is 0 Å². The average molecular weight is 477 g/mol. The van der Waals surface area contributed by atoms with E-state index in [-0.39, 0.29) is 24.3 Å². The SMILES string of the molecule is O=C(COC(=O)CCn1cnc2sc3c(c2c1=O)CCCC3)Nc1ccc(OC(F)F)cc1. The molecule has 0 bridgehead atoms. The molecule has 0 radical (unpaired) electrons. The standard InChI is InChI=1S/C22H21F2N3O5S/c23-22(24)32-14-7-5-13(6-8-14)26-17(28)11-31-18(29)9-10-27-12-25-20-19(21(27)30)15-3-1-2-4-16(15)33-20/h5-8,12,22H,1-4,9-11H2,(H,26,28). The van der Waals surface area contributed by atoms with Gasteiger partial charge in [0, 0.05) is 17.1 Å². The number of halogens is 2. The Morgan fingerprint density at radius 3 is 2.70 bits per heavy atom. The molecule has 2 heterocycles. The van der Waals surface area contributed by atoms with Gasteiger partial charge in [-0.3, -0.25) is 19.0 Å². The summed E-state index contributed by atoms with van der Waals surface area (Å²) >= 11 is 1.56. The van der Waals surface area contributed by atoms with E-state index in [4.69, 9.17) is 4.74 Å². The van der Waals surface area contributed by atoms with Crippen LogP contribution < -0.4 is 15.6 Å². The van der Waals surface area contributed by atoms with E-state index in [1.165, 1.54) is 40.0 Å². The maximum atomic E-state index is 12.9. The lowest BCUT2D eigenvalue weighted by Gasteiger charge is -2.10. The average Bonchev–Trinajstić information content (AvgIpc) is 3.17. The smallest absolute Gasteiger partial charge is 0.387 e. The lowest BCUT2D eigenvalue weighted by atomic mass is 9.97. The fourth-order valence-electron chi connectivity index (χ4n) is 3.69. The summed E-state index contributed by atoms with van der Waals surface area (Å²) in [6.45, 7) is -3.36. The summed E-state index contributed by atoms with van der Waals surface area (Å²) in [5.41, 5.74) is 1.26. The van der Waals surface area contributed by atoms with Gasteiger partial charge in [0.05, 0.1) is 18.1 Å². The van der Waals surface area contributed by atoms with E-state index in [9.17, 15) is 23.2 Å². The van der Waals surface area contributed by atoms with E-state index in [0.717, 1.165) is 36.1 Å². The molecule has 1 N–H and O–H groups in total. The molecule has 0 spiro atoms. The van der Waals surface area contributed by atoms with E-state index in [1.807, 2.05) is 0 Å². The van der Waals surface area contributed by atoms with Crippen LogP contribution in [0.15, 0.2) is 35.4 Å². The number of hydrogen-bond acceptors (Lipinski definition) is 7. The van der Waals surface area contributed by atoms with Gasteiger partial charge in [0.1, 0.15) is 10.6 Å². The minimum absolute atomic E-state index is 0.0414. The third-order valence-corrected chi connectivity index (χ3v) is 6.43. The summed E-state index contributed by atoms with van der Waals surface area (Å²) in [6, 6.07) is 5.33. The zero-order valence-electron chi connectivity index (χ0n) is 17.5. The second-order valence-corrected chi connectivity index (χ2v) is 8.58. The third-order valence-electron chi connectivity index (χ3n) is 5.23. The van der Waals surface area contributed by atoms with Crippen molar-refractivity contribution in [1.82, 2.24) is 9.55 Å². The van der Waals surface area contributed by atoms with Crippen LogP contribution in [-0.4, -0.2) is 34.6 Å². The van der Waals surface area contributed by atoms with Gasteiger partial charge in [-0.25, -0.2) is 4.98 Å². The number of aryl methyl sites for hydroxylation is 3. The number of amides is 1. The lowest BCUT2D eigenvalue weighted by molar-refractivity contribution is -0.147. The normalized spacial score (nSPS) is 13.1. The Bertz CT molecular complexity index is 1220. The molecule has 4 rings (SSSR count). The Morgan fingerprint density at radius 2 is 1.94 bits per heavy atom. The molecule has 0 saturated carbocycles. The number of nitrogens with zero attached hydrogens (tertiary/aromatic N) is 2. The number of hydrogen-bond donors (Lipinski definition) is 1. The Kier molecular flexibility index (Phi) is 6.97. The van der Waals surface area contributed by atoms with Gasteiger partial charge in [-0.2, -0.15) is 8.78 Å². The molecule has 0 unspecified atom stereocenters. The van der Waals surface area contributed by atoms with Crippen LogP contribution >= 0.6 is 11.3 Å². The highest BCUT2D eigenvalue weighted by atomic mass is 32.1. The number of anilines is 1. The number of carbonyl (C=O) groups is 2. The highest BCUT2D eigenvalue weighted by Crippen LogP contribution is 2.33. The topological polar surface area (TPSA) is 99.5 Å². The van der Waals surface area contributed by atoms with Crippen LogP contribution in [0.2, 0.25) is 0 Å². The van der Waals surface area contributed by atoms with Crippen LogP contribution in [0.5, 0.6) is 5.75 Å². The Balaban J connectivity index is 1.28. The summed E-state index contributed by atoms with van der Waals surface area (Å²) in [7, 11) is 0. The van der Waals surface area contributed by atoms with Crippen LogP contribution in [0.4, 0.5) is 14.5 Å². The summed E-state index contributed by atoms with van der Waals surface area (Å²) in [4.78, 5) is 43.2. The molecule has 0 fully saturated rings. The van der Waals surface area contributed by atoms with E-state index in [0.29, 0.717) is 11.1 Å². The van der Waals surface area contributed by atoms with Crippen molar-refractivity contribution >= 4 is 39.1 Å². The Hall–Kier alpha value is -3.34. The van der Waals surface area contributed by atoms with Gasteiger partial charge in [-0.1, -0.05) is 0 Å². The van der Waals surface area contributed by atoms with Gasteiger partial charge < -0.3 is 14.8 Å². The number of aromatic nitrogens is 2. The molecule has 8 nitrogen and oxygen atoms in total. The van der Waals surface area contributed by atoms with Crippen LogP contribution in [0.25, 0.3) is 10.2 Å².